The first-order chi connectivity index (χ1) is 13.3. The van der Waals surface area contributed by atoms with Gasteiger partial charge < -0.3 is 10.0 Å². The summed E-state index contributed by atoms with van der Waals surface area (Å²) >= 11 is 7.44. The van der Waals surface area contributed by atoms with Crippen LogP contribution in [-0.2, 0) is 9.54 Å². The van der Waals surface area contributed by atoms with Crippen LogP contribution in [0.2, 0.25) is 5.02 Å². The fourth-order valence-electron chi connectivity index (χ4n) is 4.55. The summed E-state index contributed by atoms with van der Waals surface area (Å²) in [6, 6.07) is 9.79. The zero-order valence-corrected chi connectivity index (χ0v) is 16.8. The number of hydrogen-bond acceptors (Lipinski definition) is 4. The molecule has 2 aromatic rings. The molecule has 2 heterocycles. The average Bonchev–Trinajstić information content (AvgIpc) is 3.19. The summed E-state index contributed by atoms with van der Waals surface area (Å²) in [4.78, 5) is 27.3. The number of anilines is 1. The van der Waals surface area contributed by atoms with Gasteiger partial charge in [-0.05, 0) is 56.2 Å². The lowest BCUT2D eigenvalue weighted by atomic mass is 9.85. The standard InChI is InChI=1S/C21H19ClFNO3S/c1-12(25)16-9-14(23)10-17-20(16)21(11-19(26)27,18-3-2-8-24(17)18)28-15-6-4-13(22)5-7-15/h4-7,9-10,18H,2-3,8,11H2,1H3,(H,26,27). The Morgan fingerprint density at radius 1 is 1.32 bits per heavy atom. The SMILES string of the molecule is CC(=O)c1cc(F)cc2c1C(CC(=O)O)(Sc1ccc(Cl)cc1)C1CCCN21. The Kier molecular flexibility index (Phi) is 4.88. The number of carbonyl (C=O) groups is 2. The van der Waals surface area contributed by atoms with E-state index in [0.717, 1.165) is 24.3 Å². The van der Waals surface area contributed by atoms with E-state index in [1.165, 1.54) is 30.8 Å². The molecular formula is C21H19ClFNO3S. The van der Waals surface area contributed by atoms with Gasteiger partial charge in [-0.15, -0.1) is 11.8 Å². The largest absolute Gasteiger partial charge is 0.481 e. The summed E-state index contributed by atoms with van der Waals surface area (Å²) in [5, 5.41) is 10.4. The monoisotopic (exact) mass is 419 g/mol. The number of carboxylic acids is 1. The molecule has 0 amide bonds. The fourth-order valence-corrected chi connectivity index (χ4v) is 6.26. The van der Waals surface area contributed by atoms with Crippen LogP contribution in [0, 0.1) is 5.82 Å². The normalized spacial score (nSPS) is 22.8. The maximum atomic E-state index is 14.3. The van der Waals surface area contributed by atoms with Gasteiger partial charge in [-0.3, -0.25) is 9.59 Å². The summed E-state index contributed by atoms with van der Waals surface area (Å²) in [6.45, 7) is 2.12. The molecular weight excluding hydrogens is 401 g/mol. The van der Waals surface area contributed by atoms with E-state index >= 15 is 0 Å². The number of ketones is 1. The molecule has 0 aromatic heterocycles. The van der Waals surface area contributed by atoms with E-state index in [4.69, 9.17) is 11.6 Å². The minimum atomic E-state index is -0.944. The van der Waals surface area contributed by atoms with Crippen molar-refractivity contribution in [3.8, 4) is 0 Å². The second kappa shape index (κ2) is 7.08. The van der Waals surface area contributed by atoms with Crippen molar-refractivity contribution in [3.63, 3.8) is 0 Å². The molecule has 2 unspecified atom stereocenters. The zero-order chi connectivity index (χ0) is 20.1. The third kappa shape index (κ3) is 3.08. The number of carboxylic acid groups (broad SMARTS) is 1. The van der Waals surface area contributed by atoms with E-state index < -0.39 is 16.5 Å². The van der Waals surface area contributed by atoms with Gasteiger partial charge in [-0.25, -0.2) is 4.39 Å². The molecule has 0 saturated carbocycles. The van der Waals surface area contributed by atoms with Gasteiger partial charge in [-0.1, -0.05) is 11.6 Å². The molecule has 28 heavy (non-hydrogen) atoms. The summed E-state index contributed by atoms with van der Waals surface area (Å²) in [5.74, 6) is -1.68. The second-order valence-corrected chi connectivity index (χ2v) is 9.11. The van der Waals surface area contributed by atoms with Crippen molar-refractivity contribution in [2.45, 2.75) is 41.9 Å². The Bertz CT molecular complexity index is 965. The van der Waals surface area contributed by atoms with Crippen molar-refractivity contribution in [3.05, 3.63) is 58.4 Å². The number of carbonyl (C=O) groups excluding carboxylic acids is 1. The summed E-state index contributed by atoms with van der Waals surface area (Å²) in [6.07, 6.45) is 1.54. The van der Waals surface area contributed by atoms with Crippen molar-refractivity contribution in [1.29, 1.82) is 0 Å². The maximum absolute atomic E-state index is 14.3. The molecule has 0 radical (unpaired) electrons. The summed E-state index contributed by atoms with van der Waals surface area (Å²) in [7, 11) is 0. The third-order valence-corrected chi connectivity index (χ3v) is 7.26. The summed E-state index contributed by atoms with van der Waals surface area (Å²) < 4.78 is 13.4. The highest BCUT2D eigenvalue weighted by Gasteiger charge is 2.56. The highest BCUT2D eigenvalue weighted by molar-refractivity contribution is 8.00. The van der Waals surface area contributed by atoms with Crippen molar-refractivity contribution in [2.75, 3.05) is 11.4 Å². The van der Waals surface area contributed by atoms with E-state index in [1.807, 2.05) is 12.1 Å². The molecule has 0 spiro atoms. The number of thioether (sulfide) groups is 1. The van der Waals surface area contributed by atoms with Gasteiger partial charge in [0.15, 0.2) is 5.78 Å². The minimum absolute atomic E-state index is 0.112. The molecule has 0 aliphatic carbocycles. The molecule has 0 bridgehead atoms. The van der Waals surface area contributed by atoms with Gasteiger partial charge in [0.05, 0.1) is 11.2 Å². The number of rotatable bonds is 5. The molecule has 4 rings (SSSR count). The van der Waals surface area contributed by atoms with Gasteiger partial charge in [0, 0.05) is 39.3 Å². The Balaban J connectivity index is 1.96. The highest BCUT2D eigenvalue weighted by Crippen LogP contribution is 2.60. The quantitative estimate of drug-likeness (QED) is 0.681. The van der Waals surface area contributed by atoms with Crippen molar-refractivity contribution in [1.82, 2.24) is 0 Å². The molecule has 7 heteroatoms. The predicted octanol–water partition coefficient (Wildman–Crippen LogP) is 5.13. The van der Waals surface area contributed by atoms with E-state index in [1.54, 1.807) is 12.1 Å². The molecule has 2 aliphatic rings. The minimum Gasteiger partial charge on any atom is -0.481 e. The predicted molar refractivity (Wildman–Crippen MR) is 108 cm³/mol. The molecule has 1 N–H and O–H groups in total. The molecule has 1 saturated heterocycles. The van der Waals surface area contributed by atoms with Crippen LogP contribution in [0.4, 0.5) is 10.1 Å². The lowest BCUT2D eigenvalue weighted by Gasteiger charge is -2.35. The van der Waals surface area contributed by atoms with E-state index in [0.29, 0.717) is 16.3 Å². The van der Waals surface area contributed by atoms with Gasteiger partial charge in [-0.2, -0.15) is 0 Å². The Labute approximate surface area is 171 Å². The molecule has 2 atom stereocenters. The Morgan fingerprint density at radius 2 is 2.04 bits per heavy atom. The first-order valence-corrected chi connectivity index (χ1v) is 10.3. The molecule has 2 aliphatic heterocycles. The second-order valence-electron chi connectivity index (χ2n) is 7.27. The van der Waals surface area contributed by atoms with Crippen LogP contribution >= 0.6 is 23.4 Å². The van der Waals surface area contributed by atoms with E-state index in [9.17, 15) is 19.1 Å². The Morgan fingerprint density at radius 3 is 2.68 bits per heavy atom. The smallest absolute Gasteiger partial charge is 0.305 e. The van der Waals surface area contributed by atoms with Crippen LogP contribution in [0.15, 0.2) is 41.3 Å². The number of Topliss-reactive ketones (excluding diaryl/α,β-unsaturated/α-hetero) is 1. The van der Waals surface area contributed by atoms with Crippen LogP contribution in [0.25, 0.3) is 0 Å². The van der Waals surface area contributed by atoms with Gasteiger partial charge in [0.2, 0.25) is 0 Å². The first kappa shape index (κ1) is 19.3. The number of nitrogens with zero attached hydrogens (tertiary/aromatic N) is 1. The highest BCUT2D eigenvalue weighted by atomic mass is 35.5. The van der Waals surface area contributed by atoms with E-state index in [-0.39, 0.29) is 23.8 Å². The molecule has 146 valence electrons. The number of hydrogen-bond donors (Lipinski definition) is 1. The van der Waals surface area contributed by atoms with Crippen LogP contribution in [-0.4, -0.2) is 29.4 Å². The van der Waals surface area contributed by atoms with Crippen LogP contribution in [0.5, 0.6) is 0 Å². The van der Waals surface area contributed by atoms with Crippen LogP contribution < -0.4 is 4.90 Å². The first-order valence-electron chi connectivity index (χ1n) is 9.10. The molecule has 2 aromatic carbocycles. The van der Waals surface area contributed by atoms with Crippen molar-refractivity contribution >= 4 is 40.8 Å². The van der Waals surface area contributed by atoms with Gasteiger partial charge >= 0.3 is 5.97 Å². The third-order valence-electron chi connectivity index (χ3n) is 5.51. The number of aliphatic carboxylic acids is 1. The molecule has 1 fully saturated rings. The van der Waals surface area contributed by atoms with E-state index in [2.05, 4.69) is 4.90 Å². The molecule has 4 nitrogen and oxygen atoms in total. The van der Waals surface area contributed by atoms with Gasteiger partial charge in [0.25, 0.3) is 0 Å². The lowest BCUT2D eigenvalue weighted by molar-refractivity contribution is -0.137. The number of fused-ring (bicyclic) bond motifs is 3. The van der Waals surface area contributed by atoms with Crippen LogP contribution in [0.1, 0.15) is 42.1 Å². The van der Waals surface area contributed by atoms with Gasteiger partial charge in [0.1, 0.15) is 5.82 Å². The van der Waals surface area contributed by atoms with Crippen molar-refractivity contribution < 1.29 is 19.1 Å². The fraction of sp³-hybridized carbons (Fsp3) is 0.333. The average molecular weight is 420 g/mol. The maximum Gasteiger partial charge on any atom is 0.305 e. The number of halogens is 2. The van der Waals surface area contributed by atoms with Crippen LogP contribution in [0.3, 0.4) is 0 Å². The topological polar surface area (TPSA) is 57.6 Å². The number of benzene rings is 2. The lowest BCUT2D eigenvalue weighted by Crippen LogP contribution is -2.40. The zero-order valence-electron chi connectivity index (χ0n) is 15.2. The summed E-state index contributed by atoms with van der Waals surface area (Å²) in [5.41, 5.74) is 1.57. The van der Waals surface area contributed by atoms with Crippen molar-refractivity contribution in [2.24, 2.45) is 0 Å². The Hall–Kier alpha value is -2.05.